The van der Waals surface area contributed by atoms with Gasteiger partial charge in [-0.25, -0.2) is 9.63 Å². The molecule has 1 aromatic carbocycles. The second-order valence-corrected chi connectivity index (χ2v) is 9.78. The highest BCUT2D eigenvalue weighted by molar-refractivity contribution is 5.89. The number of aryl methyl sites for hydroxylation is 1. The first-order valence-electron chi connectivity index (χ1n) is 13.2. The van der Waals surface area contributed by atoms with E-state index in [1.165, 1.54) is 0 Å². The number of nitrogens with zero attached hydrogens (tertiary/aromatic N) is 2. The summed E-state index contributed by atoms with van der Waals surface area (Å²) in [5.74, 6) is -1.61. The quantitative estimate of drug-likeness (QED) is 0.147. The lowest BCUT2D eigenvalue weighted by Gasteiger charge is -2.35. The number of carbonyl (C=O) groups is 3. The third kappa shape index (κ3) is 8.72. The molecule has 2 aliphatic rings. The van der Waals surface area contributed by atoms with Gasteiger partial charge in [-0.2, -0.15) is 0 Å². The first-order valence-corrected chi connectivity index (χ1v) is 13.2. The monoisotopic (exact) mass is 537 g/mol. The van der Waals surface area contributed by atoms with Crippen LogP contribution in [0.2, 0.25) is 0 Å². The Morgan fingerprint density at radius 1 is 1.08 bits per heavy atom. The van der Waals surface area contributed by atoms with Gasteiger partial charge in [0.2, 0.25) is 5.91 Å². The summed E-state index contributed by atoms with van der Waals surface area (Å²) in [6.45, 7) is 1.67. The van der Waals surface area contributed by atoms with Gasteiger partial charge in [-0.1, -0.05) is 43.2 Å². The molecule has 0 radical (unpaired) electrons. The first-order chi connectivity index (χ1) is 18.3. The number of hydrogen-bond acceptors (Lipinski definition) is 10. The van der Waals surface area contributed by atoms with Gasteiger partial charge in [0.1, 0.15) is 18.7 Å². The molecule has 1 aliphatic carbocycles. The Kier molecular flexibility index (Phi) is 11.9. The van der Waals surface area contributed by atoms with Crippen molar-refractivity contribution >= 4 is 17.8 Å². The van der Waals surface area contributed by atoms with Crippen LogP contribution in [0.3, 0.4) is 0 Å². The summed E-state index contributed by atoms with van der Waals surface area (Å²) in [7, 11) is 0. The van der Waals surface area contributed by atoms with Gasteiger partial charge >= 0.3 is 11.9 Å². The highest BCUT2D eigenvalue weighted by Crippen LogP contribution is 2.40. The molecule has 1 saturated carbocycles. The zero-order chi connectivity index (χ0) is 27.5. The van der Waals surface area contributed by atoms with Crippen LogP contribution in [0.1, 0.15) is 51.0 Å². The van der Waals surface area contributed by atoms with Crippen molar-refractivity contribution in [2.45, 2.75) is 76.0 Å². The molecule has 1 heterocycles. The van der Waals surface area contributed by atoms with Gasteiger partial charge in [-0.3, -0.25) is 25.3 Å². The SMILES string of the molecule is CC(NC(CCc1ccccc1)C(=O)O)C(=O)N1C(C(=O)OCCOCCON(O)O)CC2CCCCC21. The number of fused-ring (bicyclic) bond motifs is 1. The van der Waals surface area contributed by atoms with Gasteiger partial charge in [-0.15, -0.1) is 0 Å². The van der Waals surface area contributed by atoms with Crippen LogP contribution in [0.25, 0.3) is 0 Å². The van der Waals surface area contributed by atoms with Crippen molar-refractivity contribution in [2.24, 2.45) is 5.92 Å². The zero-order valence-electron chi connectivity index (χ0n) is 21.7. The summed E-state index contributed by atoms with van der Waals surface area (Å²) >= 11 is 0. The smallest absolute Gasteiger partial charge is 0.328 e. The molecule has 0 spiro atoms. The molecule has 12 heteroatoms. The molecular formula is C26H39N3O9. The lowest BCUT2D eigenvalue weighted by atomic mass is 9.84. The Hall–Kier alpha value is -2.61. The summed E-state index contributed by atoms with van der Waals surface area (Å²) in [5, 5.41) is 29.3. The van der Waals surface area contributed by atoms with E-state index in [9.17, 15) is 19.5 Å². The van der Waals surface area contributed by atoms with Crippen LogP contribution in [-0.4, -0.2) is 94.3 Å². The minimum absolute atomic E-state index is 0.0248. The molecule has 12 nitrogen and oxygen atoms in total. The number of rotatable bonds is 15. The molecule has 4 N–H and O–H groups in total. The predicted octanol–water partition coefficient (Wildman–Crippen LogP) is 1.78. The summed E-state index contributed by atoms with van der Waals surface area (Å²) in [6, 6.07) is 7.09. The van der Waals surface area contributed by atoms with Crippen molar-refractivity contribution in [1.29, 1.82) is 0 Å². The van der Waals surface area contributed by atoms with Crippen LogP contribution in [0.4, 0.5) is 0 Å². The minimum atomic E-state index is -1.02. The maximum Gasteiger partial charge on any atom is 0.328 e. The minimum Gasteiger partial charge on any atom is -0.480 e. The lowest BCUT2D eigenvalue weighted by Crippen LogP contribution is -2.55. The predicted molar refractivity (Wildman–Crippen MR) is 133 cm³/mol. The van der Waals surface area contributed by atoms with Gasteiger partial charge in [0.25, 0.3) is 0 Å². The fourth-order valence-corrected chi connectivity index (χ4v) is 5.40. The Bertz CT molecular complexity index is 901. The molecule has 1 amide bonds. The molecule has 0 bridgehead atoms. The van der Waals surface area contributed by atoms with E-state index in [4.69, 9.17) is 19.9 Å². The Labute approximate surface area is 222 Å². The van der Waals surface area contributed by atoms with E-state index >= 15 is 0 Å². The van der Waals surface area contributed by atoms with E-state index in [0.29, 0.717) is 19.3 Å². The molecule has 212 valence electrons. The largest absolute Gasteiger partial charge is 0.480 e. The van der Waals surface area contributed by atoms with E-state index < -0.39 is 35.5 Å². The number of likely N-dealkylation sites (tertiary alicyclic amines) is 1. The number of hydrogen-bond donors (Lipinski definition) is 4. The van der Waals surface area contributed by atoms with Crippen molar-refractivity contribution in [3.05, 3.63) is 35.9 Å². The molecule has 3 rings (SSSR count). The maximum absolute atomic E-state index is 13.6. The van der Waals surface area contributed by atoms with Crippen LogP contribution in [0.15, 0.2) is 30.3 Å². The van der Waals surface area contributed by atoms with Crippen molar-refractivity contribution in [3.8, 4) is 0 Å². The third-order valence-corrected chi connectivity index (χ3v) is 7.21. The van der Waals surface area contributed by atoms with Gasteiger partial charge in [0.05, 0.1) is 31.3 Å². The van der Waals surface area contributed by atoms with Crippen LogP contribution >= 0.6 is 0 Å². The summed E-state index contributed by atoms with van der Waals surface area (Å²) in [6.07, 6.45) is 5.17. The van der Waals surface area contributed by atoms with E-state index in [0.717, 1.165) is 31.2 Å². The van der Waals surface area contributed by atoms with Gasteiger partial charge in [0.15, 0.2) is 0 Å². The molecule has 1 aliphatic heterocycles. The second-order valence-electron chi connectivity index (χ2n) is 9.78. The van der Waals surface area contributed by atoms with Crippen LogP contribution in [0, 0.1) is 5.92 Å². The Balaban J connectivity index is 1.57. The molecule has 5 unspecified atom stereocenters. The number of amides is 1. The molecular weight excluding hydrogens is 498 g/mol. The fraction of sp³-hybridized carbons (Fsp3) is 0.654. The molecule has 5 atom stereocenters. The number of benzene rings is 1. The first kappa shape index (κ1) is 29.9. The van der Waals surface area contributed by atoms with E-state index in [2.05, 4.69) is 10.2 Å². The van der Waals surface area contributed by atoms with Crippen molar-refractivity contribution < 1.29 is 44.2 Å². The van der Waals surface area contributed by atoms with Crippen molar-refractivity contribution in [3.63, 3.8) is 0 Å². The molecule has 0 aromatic heterocycles. The van der Waals surface area contributed by atoms with Crippen LogP contribution < -0.4 is 5.32 Å². The number of ether oxygens (including phenoxy) is 2. The summed E-state index contributed by atoms with van der Waals surface area (Å²) in [5.41, 5.74) is 1.02. The normalized spacial score (nSPS) is 22.6. The molecule has 1 saturated heterocycles. The number of aliphatic carboxylic acids is 1. The van der Waals surface area contributed by atoms with E-state index in [1.54, 1.807) is 11.8 Å². The van der Waals surface area contributed by atoms with Crippen molar-refractivity contribution in [1.82, 2.24) is 15.6 Å². The highest BCUT2D eigenvalue weighted by Gasteiger charge is 2.49. The van der Waals surface area contributed by atoms with Gasteiger partial charge < -0.3 is 19.5 Å². The second kappa shape index (κ2) is 15.1. The summed E-state index contributed by atoms with van der Waals surface area (Å²) in [4.78, 5) is 44.6. The van der Waals surface area contributed by atoms with Crippen molar-refractivity contribution in [2.75, 3.05) is 26.4 Å². The molecule has 2 fully saturated rings. The number of carboxylic acid groups (broad SMARTS) is 1. The van der Waals surface area contributed by atoms with Gasteiger partial charge in [0, 0.05) is 6.04 Å². The van der Waals surface area contributed by atoms with Crippen LogP contribution in [-0.2, 0) is 35.1 Å². The topological polar surface area (TPSA) is 158 Å². The number of carbonyl (C=O) groups excluding carboxylic acids is 2. The Morgan fingerprint density at radius 3 is 2.50 bits per heavy atom. The van der Waals surface area contributed by atoms with Gasteiger partial charge in [-0.05, 0) is 50.5 Å². The number of carboxylic acids is 1. The average Bonchev–Trinajstić information content (AvgIpc) is 3.29. The fourth-order valence-electron chi connectivity index (χ4n) is 5.40. The number of nitrogens with one attached hydrogen (secondary N) is 1. The summed E-state index contributed by atoms with van der Waals surface area (Å²) < 4.78 is 10.6. The molecule has 38 heavy (non-hydrogen) atoms. The average molecular weight is 538 g/mol. The Morgan fingerprint density at radius 2 is 1.79 bits per heavy atom. The molecule has 1 aromatic rings. The standard InChI is InChI=1S/C26H39N3O9/c1-18(27-21(25(31)32)12-11-19-7-3-2-4-8-19)24(30)28-22-10-6-5-9-20(22)17-23(28)26(33)37-15-13-36-14-16-38-29(34)35/h2-4,7-8,18,20-23,27,34-35H,5-6,9-17H2,1H3,(H,31,32). The lowest BCUT2D eigenvalue weighted by molar-refractivity contribution is -0.493. The third-order valence-electron chi connectivity index (χ3n) is 7.21. The van der Waals surface area contributed by atoms with Crippen LogP contribution in [0.5, 0.6) is 0 Å². The number of esters is 1. The van der Waals surface area contributed by atoms with E-state index in [-0.39, 0.29) is 44.3 Å². The maximum atomic E-state index is 13.6. The zero-order valence-corrected chi connectivity index (χ0v) is 21.7. The highest BCUT2D eigenvalue weighted by atomic mass is 17.1. The van der Waals surface area contributed by atoms with E-state index in [1.807, 2.05) is 30.3 Å².